The van der Waals surface area contributed by atoms with Gasteiger partial charge in [0, 0.05) is 19.2 Å². The molecule has 0 aliphatic carbocycles. The summed E-state index contributed by atoms with van der Waals surface area (Å²) >= 11 is 12.4. The van der Waals surface area contributed by atoms with Gasteiger partial charge in [0.05, 0.1) is 21.4 Å². The zero-order valence-electron chi connectivity index (χ0n) is 11.5. The molecule has 2 aromatic rings. The first kappa shape index (κ1) is 15.2. The zero-order valence-corrected chi connectivity index (χ0v) is 13.0. The van der Waals surface area contributed by atoms with Gasteiger partial charge >= 0.3 is 0 Å². The van der Waals surface area contributed by atoms with Gasteiger partial charge < -0.3 is 10.5 Å². The molecule has 1 aromatic carbocycles. The van der Waals surface area contributed by atoms with Crippen molar-refractivity contribution in [1.82, 2.24) is 9.78 Å². The molecule has 6 heteroatoms. The van der Waals surface area contributed by atoms with E-state index in [-0.39, 0.29) is 0 Å². The second-order valence-corrected chi connectivity index (χ2v) is 5.19. The van der Waals surface area contributed by atoms with Crippen LogP contribution in [-0.4, -0.2) is 9.78 Å². The monoisotopic (exact) mass is 313 g/mol. The van der Waals surface area contributed by atoms with Crippen molar-refractivity contribution in [2.45, 2.75) is 26.5 Å². The van der Waals surface area contributed by atoms with Crippen LogP contribution in [0, 0.1) is 0 Å². The molecule has 1 aromatic heterocycles. The van der Waals surface area contributed by atoms with E-state index in [0.29, 0.717) is 28.9 Å². The lowest BCUT2D eigenvalue weighted by atomic mass is 10.2. The predicted octanol–water partition coefficient (Wildman–Crippen LogP) is 3.33. The van der Waals surface area contributed by atoms with Crippen molar-refractivity contribution in [2.75, 3.05) is 0 Å². The lowest BCUT2D eigenvalue weighted by Crippen LogP contribution is -2.06. The molecule has 0 unspecified atom stereocenters. The van der Waals surface area contributed by atoms with Crippen LogP contribution in [-0.2, 0) is 26.6 Å². The molecule has 0 aliphatic rings. The highest BCUT2D eigenvalue weighted by Crippen LogP contribution is 2.30. The Morgan fingerprint density at radius 3 is 2.70 bits per heavy atom. The molecule has 0 saturated heterocycles. The Morgan fingerprint density at radius 2 is 2.10 bits per heavy atom. The highest BCUT2D eigenvalue weighted by Gasteiger charge is 2.15. The molecule has 0 bridgehead atoms. The number of nitrogens with zero attached hydrogens (tertiary/aromatic N) is 2. The molecule has 2 rings (SSSR count). The van der Waals surface area contributed by atoms with Gasteiger partial charge in [0.25, 0.3) is 0 Å². The van der Waals surface area contributed by atoms with Crippen molar-refractivity contribution in [2.24, 2.45) is 12.8 Å². The van der Waals surface area contributed by atoms with E-state index >= 15 is 0 Å². The van der Waals surface area contributed by atoms with Gasteiger partial charge in [-0.2, -0.15) is 5.10 Å². The minimum atomic E-state index is 0.305. The molecule has 2 N–H and O–H groups in total. The Kier molecular flexibility index (Phi) is 4.91. The van der Waals surface area contributed by atoms with Gasteiger partial charge in [-0.25, -0.2) is 0 Å². The van der Waals surface area contributed by atoms with Gasteiger partial charge in [-0.15, -0.1) is 0 Å². The van der Waals surface area contributed by atoms with Crippen LogP contribution in [0.2, 0.25) is 10.0 Å². The maximum Gasteiger partial charge on any atom is 0.142 e. The number of aromatic nitrogens is 2. The third kappa shape index (κ3) is 2.92. The molecule has 0 radical (unpaired) electrons. The highest BCUT2D eigenvalue weighted by molar-refractivity contribution is 6.32. The smallest absolute Gasteiger partial charge is 0.142 e. The van der Waals surface area contributed by atoms with Crippen LogP contribution in [0.4, 0.5) is 0 Å². The van der Waals surface area contributed by atoms with E-state index in [1.165, 1.54) is 0 Å². The zero-order chi connectivity index (χ0) is 14.7. The van der Waals surface area contributed by atoms with E-state index in [1.807, 2.05) is 26.1 Å². The van der Waals surface area contributed by atoms with Gasteiger partial charge in [0.1, 0.15) is 12.4 Å². The minimum Gasteiger partial charge on any atom is -0.485 e. The summed E-state index contributed by atoms with van der Waals surface area (Å²) in [6, 6.07) is 5.52. The third-order valence-electron chi connectivity index (χ3n) is 3.12. The molecule has 108 valence electrons. The van der Waals surface area contributed by atoms with E-state index in [1.54, 1.807) is 10.7 Å². The van der Waals surface area contributed by atoms with Crippen molar-refractivity contribution >= 4 is 23.2 Å². The lowest BCUT2D eigenvalue weighted by molar-refractivity contribution is 0.292. The Morgan fingerprint density at radius 1 is 1.35 bits per heavy atom. The number of hydrogen-bond donors (Lipinski definition) is 1. The van der Waals surface area contributed by atoms with Gasteiger partial charge in [-0.3, -0.25) is 4.68 Å². The van der Waals surface area contributed by atoms with Gasteiger partial charge in [-0.1, -0.05) is 42.3 Å². The second-order valence-electron chi connectivity index (χ2n) is 4.41. The molecular formula is C14H17Cl2N3O. The van der Waals surface area contributed by atoms with Crippen molar-refractivity contribution in [3.05, 3.63) is 45.2 Å². The maximum atomic E-state index is 6.29. The van der Waals surface area contributed by atoms with E-state index in [9.17, 15) is 0 Å². The molecule has 0 aliphatic heterocycles. The number of ether oxygens (including phenoxy) is 1. The standard InChI is InChI=1S/C14H17Cl2N3O/c1-3-11-13(16)12(19(2)18-11)8-20-14-9(7-17)5-4-6-10(14)15/h4-6H,3,7-8,17H2,1-2H3. The maximum absolute atomic E-state index is 6.29. The normalized spacial score (nSPS) is 10.8. The summed E-state index contributed by atoms with van der Waals surface area (Å²) in [5.74, 6) is 0.604. The number of hydrogen-bond acceptors (Lipinski definition) is 3. The van der Waals surface area contributed by atoms with E-state index in [4.69, 9.17) is 33.7 Å². The van der Waals surface area contributed by atoms with E-state index < -0.39 is 0 Å². The molecule has 0 atom stereocenters. The SMILES string of the molecule is CCc1nn(C)c(COc2c(Cl)cccc2CN)c1Cl. The topological polar surface area (TPSA) is 53.1 Å². The van der Waals surface area contributed by atoms with E-state index in [2.05, 4.69) is 5.10 Å². The highest BCUT2D eigenvalue weighted by atomic mass is 35.5. The van der Waals surface area contributed by atoms with Crippen LogP contribution < -0.4 is 10.5 Å². The number of aryl methyl sites for hydroxylation is 2. The second kappa shape index (κ2) is 6.48. The van der Waals surface area contributed by atoms with Crippen LogP contribution >= 0.6 is 23.2 Å². The number of nitrogens with two attached hydrogens (primary N) is 1. The number of halogens is 2. The molecule has 0 saturated carbocycles. The van der Waals surface area contributed by atoms with Crippen LogP contribution in [0.1, 0.15) is 23.9 Å². The van der Waals surface area contributed by atoms with Gasteiger partial charge in [-0.05, 0) is 12.5 Å². The molecule has 4 nitrogen and oxygen atoms in total. The largest absolute Gasteiger partial charge is 0.485 e. The van der Waals surface area contributed by atoms with Crippen molar-refractivity contribution in [3.63, 3.8) is 0 Å². The Balaban J connectivity index is 2.23. The number of para-hydroxylation sites is 1. The molecule has 0 spiro atoms. The summed E-state index contributed by atoms with van der Waals surface area (Å²) in [7, 11) is 1.85. The third-order valence-corrected chi connectivity index (χ3v) is 3.86. The average molecular weight is 314 g/mol. The van der Waals surface area contributed by atoms with Crippen molar-refractivity contribution in [1.29, 1.82) is 0 Å². The van der Waals surface area contributed by atoms with Gasteiger partial charge in [0.15, 0.2) is 0 Å². The summed E-state index contributed by atoms with van der Waals surface area (Å²) in [5.41, 5.74) is 8.25. The summed E-state index contributed by atoms with van der Waals surface area (Å²) in [5, 5.41) is 5.55. The summed E-state index contributed by atoms with van der Waals surface area (Å²) < 4.78 is 7.54. The number of benzene rings is 1. The molecule has 0 amide bonds. The Hall–Kier alpha value is -1.23. The fourth-order valence-corrected chi connectivity index (χ4v) is 2.59. The van der Waals surface area contributed by atoms with Crippen LogP contribution in [0.5, 0.6) is 5.75 Å². The molecule has 20 heavy (non-hydrogen) atoms. The Bertz CT molecular complexity index is 611. The predicted molar refractivity (Wildman–Crippen MR) is 81.3 cm³/mol. The van der Waals surface area contributed by atoms with E-state index in [0.717, 1.165) is 23.4 Å². The Labute approximate surface area is 128 Å². The first-order valence-electron chi connectivity index (χ1n) is 6.39. The van der Waals surface area contributed by atoms with Crippen molar-refractivity contribution < 1.29 is 4.74 Å². The quantitative estimate of drug-likeness (QED) is 0.921. The number of rotatable bonds is 5. The molecule has 0 fully saturated rings. The molecule has 1 heterocycles. The van der Waals surface area contributed by atoms with Gasteiger partial charge in [0.2, 0.25) is 0 Å². The molecular weight excluding hydrogens is 297 g/mol. The van der Waals surface area contributed by atoms with Crippen LogP contribution in [0.15, 0.2) is 18.2 Å². The van der Waals surface area contributed by atoms with Crippen LogP contribution in [0.3, 0.4) is 0 Å². The lowest BCUT2D eigenvalue weighted by Gasteiger charge is -2.12. The first-order chi connectivity index (χ1) is 9.58. The fraction of sp³-hybridized carbons (Fsp3) is 0.357. The van der Waals surface area contributed by atoms with Crippen LogP contribution in [0.25, 0.3) is 0 Å². The summed E-state index contributed by atoms with van der Waals surface area (Å²) in [6.45, 7) is 2.69. The first-order valence-corrected chi connectivity index (χ1v) is 7.14. The summed E-state index contributed by atoms with van der Waals surface area (Å²) in [6.07, 6.45) is 0.785. The average Bonchev–Trinajstić information content (AvgIpc) is 2.72. The minimum absolute atomic E-state index is 0.305. The van der Waals surface area contributed by atoms with Crippen molar-refractivity contribution in [3.8, 4) is 5.75 Å². The summed E-state index contributed by atoms with van der Waals surface area (Å²) in [4.78, 5) is 0. The fourth-order valence-electron chi connectivity index (χ4n) is 1.99.